The highest BCUT2D eigenvalue weighted by molar-refractivity contribution is 7.98. The molecule has 3 rings (SSSR count). The van der Waals surface area contributed by atoms with Gasteiger partial charge in [0.05, 0.1) is 16.7 Å². The van der Waals surface area contributed by atoms with E-state index in [-0.39, 0.29) is 5.56 Å². The van der Waals surface area contributed by atoms with Gasteiger partial charge in [0.15, 0.2) is 0 Å². The van der Waals surface area contributed by atoms with E-state index >= 15 is 0 Å². The molecule has 2 N–H and O–H groups in total. The minimum Gasteiger partial charge on any atom is -0.354 e. The van der Waals surface area contributed by atoms with Crippen LogP contribution in [0.5, 0.6) is 0 Å². The van der Waals surface area contributed by atoms with Gasteiger partial charge in [-0.3, -0.25) is 4.79 Å². The van der Waals surface area contributed by atoms with Gasteiger partial charge in [0.1, 0.15) is 5.82 Å². The van der Waals surface area contributed by atoms with E-state index in [2.05, 4.69) is 25.3 Å². The summed E-state index contributed by atoms with van der Waals surface area (Å²) in [7, 11) is 0. The van der Waals surface area contributed by atoms with Crippen LogP contribution in [-0.4, -0.2) is 32.2 Å². The van der Waals surface area contributed by atoms with Crippen LogP contribution in [-0.2, 0) is 5.75 Å². The molecule has 124 valence electrons. The number of para-hydroxylation sites is 1. The fraction of sp³-hybridized carbons (Fsp3) is 0.294. The standard InChI is InChI=1S/C17H19N5OS/c1-12-5-2-6-13-15(12)21-14(22-16(13)23)11-24-10-4-9-20-17-18-7-3-8-19-17/h2-3,5-8H,4,9-11H2,1H3,(H,18,19,20)(H,21,22,23). The summed E-state index contributed by atoms with van der Waals surface area (Å²) in [6.45, 7) is 2.79. The molecule has 0 atom stereocenters. The van der Waals surface area contributed by atoms with Crippen LogP contribution in [0.1, 0.15) is 17.8 Å². The zero-order valence-corrected chi connectivity index (χ0v) is 14.3. The number of aromatic nitrogens is 4. The van der Waals surface area contributed by atoms with E-state index < -0.39 is 0 Å². The van der Waals surface area contributed by atoms with Crippen LogP contribution < -0.4 is 10.9 Å². The molecule has 0 bridgehead atoms. The number of benzene rings is 1. The van der Waals surface area contributed by atoms with Crippen LogP contribution in [0.2, 0.25) is 0 Å². The van der Waals surface area contributed by atoms with Crippen molar-refractivity contribution in [2.45, 2.75) is 19.1 Å². The number of thioether (sulfide) groups is 1. The monoisotopic (exact) mass is 341 g/mol. The van der Waals surface area contributed by atoms with E-state index in [1.54, 1.807) is 30.2 Å². The maximum atomic E-state index is 12.1. The first-order chi connectivity index (χ1) is 11.7. The van der Waals surface area contributed by atoms with Crippen molar-refractivity contribution >= 4 is 28.6 Å². The van der Waals surface area contributed by atoms with Crippen molar-refractivity contribution in [1.82, 2.24) is 19.9 Å². The van der Waals surface area contributed by atoms with E-state index in [1.807, 2.05) is 25.1 Å². The normalized spacial score (nSPS) is 10.9. The predicted octanol–water partition coefficient (Wildman–Crippen LogP) is 2.76. The molecule has 0 aliphatic carbocycles. The minimum absolute atomic E-state index is 0.0674. The molecule has 7 heteroatoms. The molecule has 3 aromatic rings. The fourth-order valence-electron chi connectivity index (χ4n) is 2.35. The Kier molecular flexibility index (Phi) is 5.43. The Morgan fingerprint density at radius 3 is 2.88 bits per heavy atom. The molecule has 0 spiro atoms. The van der Waals surface area contributed by atoms with Gasteiger partial charge in [0, 0.05) is 18.9 Å². The topological polar surface area (TPSA) is 83.6 Å². The van der Waals surface area contributed by atoms with Gasteiger partial charge in [0.25, 0.3) is 5.56 Å². The first kappa shape index (κ1) is 16.4. The third kappa shape index (κ3) is 4.11. The largest absolute Gasteiger partial charge is 0.354 e. The predicted molar refractivity (Wildman–Crippen MR) is 98.4 cm³/mol. The number of fused-ring (bicyclic) bond motifs is 1. The molecule has 0 fully saturated rings. The molecule has 1 aromatic carbocycles. The number of rotatable bonds is 7. The van der Waals surface area contributed by atoms with Crippen LogP contribution in [0.15, 0.2) is 41.5 Å². The molecule has 2 heterocycles. The van der Waals surface area contributed by atoms with Gasteiger partial charge in [-0.25, -0.2) is 15.0 Å². The van der Waals surface area contributed by atoms with Crippen LogP contribution in [0.25, 0.3) is 10.9 Å². The van der Waals surface area contributed by atoms with E-state index in [1.165, 1.54) is 0 Å². The van der Waals surface area contributed by atoms with Gasteiger partial charge in [-0.2, -0.15) is 11.8 Å². The third-order valence-electron chi connectivity index (χ3n) is 3.54. The number of anilines is 1. The molecule has 0 radical (unpaired) electrons. The maximum Gasteiger partial charge on any atom is 0.258 e. The molecule has 0 aliphatic heterocycles. The van der Waals surface area contributed by atoms with E-state index in [0.717, 1.165) is 35.6 Å². The van der Waals surface area contributed by atoms with Crippen LogP contribution in [0.3, 0.4) is 0 Å². The molecular formula is C17H19N5OS. The number of nitrogens with zero attached hydrogens (tertiary/aromatic N) is 3. The highest BCUT2D eigenvalue weighted by Crippen LogP contribution is 2.15. The molecule has 0 saturated carbocycles. The SMILES string of the molecule is Cc1cccc2c(=O)[nH]c(CSCCCNc3ncccn3)nc12. The Morgan fingerprint density at radius 1 is 1.21 bits per heavy atom. The maximum absolute atomic E-state index is 12.1. The lowest BCUT2D eigenvalue weighted by molar-refractivity contribution is 0.958. The lowest BCUT2D eigenvalue weighted by atomic mass is 10.1. The van der Waals surface area contributed by atoms with Crippen LogP contribution in [0, 0.1) is 6.92 Å². The van der Waals surface area contributed by atoms with Gasteiger partial charge in [-0.1, -0.05) is 12.1 Å². The number of hydrogen-bond acceptors (Lipinski definition) is 6. The average Bonchev–Trinajstić information content (AvgIpc) is 2.60. The van der Waals surface area contributed by atoms with E-state index in [9.17, 15) is 4.79 Å². The summed E-state index contributed by atoms with van der Waals surface area (Å²) in [6.07, 6.45) is 4.42. The Balaban J connectivity index is 1.49. The molecule has 0 saturated heterocycles. The summed E-state index contributed by atoms with van der Waals surface area (Å²) in [5.41, 5.74) is 1.75. The lowest BCUT2D eigenvalue weighted by Crippen LogP contribution is -2.12. The average molecular weight is 341 g/mol. The van der Waals surface area contributed by atoms with Crippen molar-refractivity contribution in [3.05, 3.63) is 58.4 Å². The van der Waals surface area contributed by atoms with E-state index in [4.69, 9.17) is 0 Å². The zero-order valence-electron chi connectivity index (χ0n) is 13.5. The lowest BCUT2D eigenvalue weighted by Gasteiger charge is -2.06. The Labute approximate surface area is 144 Å². The second-order valence-corrected chi connectivity index (χ2v) is 6.49. The van der Waals surface area contributed by atoms with Crippen molar-refractivity contribution < 1.29 is 0 Å². The number of hydrogen-bond donors (Lipinski definition) is 2. The minimum atomic E-state index is -0.0674. The first-order valence-corrected chi connectivity index (χ1v) is 8.96. The van der Waals surface area contributed by atoms with Gasteiger partial charge < -0.3 is 10.3 Å². The summed E-state index contributed by atoms with van der Waals surface area (Å²) in [6, 6.07) is 7.46. The van der Waals surface area contributed by atoms with Crippen LogP contribution in [0.4, 0.5) is 5.95 Å². The number of nitrogens with one attached hydrogen (secondary N) is 2. The first-order valence-electron chi connectivity index (χ1n) is 7.81. The zero-order chi connectivity index (χ0) is 16.8. The third-order valence-corrected chi connectivity index (χ3v) is 4.59. The highest BCUT2D eigenvalue weighted by Gasteiger charge is 2.05. The van der Waals surface area contributed by atoms with Crippen molar-refractivity contribution in [3.63, 3.8) is 0 Å². The summed E-state index contributed by atoms with van der Waals surface area (Å²) in [4.78, 5) is 27.8. The quantitative estimate of drug-likeness (QED) is 0.643. The van der Waals surface area contributed by atoms with Crippen LogP contribution >= 0.6 is 11.8 Å². The second kappa shape index (κ2) is 7.92. The summed E-state index contributed by atoms with van der Waals surface area (Å²) in [5.74, 6) is 3.04. The summed E-state index contributed by atoms with van der Waals surface area (Å²) >= 11 is 1.75. The van der Waals surface area contributed by atoms with Crippen molar-refractivity contribution in [1.29, 1.82) is 0 Å². The smallest absolute Gasteiger partial charge is 0.258 e. The van der Waals surface area contributed by atoms with Gasteiger partial charge >= 0.3 is 0 Å². The Bertz CT molecular complexity index is 866. The van der Waals surface area contributed by atoms with Gasteiger partial charge in [-0.15, -0.1) is 0 Å². The van der Waals surface area contributed by atoms with Crippen molar-refractivity contribution in [3.8, 4) is 0 Å². The number of H-pyrrole nitrogens is 1. The summed E-state index contributed by atoms with van der Waals surface area (Å²) < 4.78 is 0. The second-order valence-electron chi connectivity index (χ2n) is 5.39. The molecule has 0 aliphatic rings. The van der Waals surface area contributed by atoms with Gasteiger partial charge in [0.2, 0.25) is 5.95 Å². The van der Waals surface area contributed by atoms with Crippen molar-refractivity contribution in [2.24, 2.45) is 0 Å². The molecular weight excluding hydrogens is 322 g/mol. The number of aryl methyl sites for hydroxylation is 1. The Morgan fingerprint density at radius 2 is 2.04 bits per heavy atom. The molecule has 0 unspecified atom stereocenters. The number of aromatic amines is 1. The highest BCUT2D eigenvalue weighted by atomic mass is 32.2. The fourth-order valence-corrected chi connectivity index (χ4v) is 3.18. The molecule has 2 aromatic heterocycles. The van der Waals surface area contributed by atoms with Gasteiger partial charge in [-0.05, 0) is 36.8 Å². The molecule has 6 nitrogen and oxygen atoms in total. The summed E-state index contributed by atoms with van der Waals surface area (Å²) in [5, 5.41) is 3.82. The molecule has 0 amide bonds. The van der Waals surface area contributed by atoms with Crippen molar-refractivity contribution in [2.75, 3.05) is 17.6 Å². The van der Waals surface area contributed by atoms with E-state index in [0.29, 0.717) is 17.1 Å². The Hall–Kier alpha value is -2.41. The molecule has 24 heavy (non-hydrogen) atoms.